The lowest BCUT2D eigenvalue weighted by Gasteiger charge is -2.49. The molecule has 3 atom stereocenters. The van der Waals surface area contributed by atoms with E-state index in [1.54, 1.807) is 11.3 Å². The molecular formula is C16H28N2S. The lowest BCUT2D eigenvalue weighted by atomic mass is 9.87. The second kappa shape index (κ2) is 6.38. The molecule has 0 saturated carbocycles. The predicted octanol–water partition coefficient (Wildman–Crippen LogP) is 3.74. The van der Waals surface area contributed by atoms with E-state index in [1.807, 2.05) is 0 Å². The van der Waals surface area contributed by atoms with Crippen LogP contribution in [0.4, 0.5) is 0 Å². The molecule has 2 rings (SSSR count). The minimum absolute atomic E-state index is 0.298. The number of nitrogens with one attached hydrogen (secondary N) is 1. The lowest BCUT2D eigenvalue weighted by molar-refractivity contribution is 0.0295. The van der Waals surface area contributed by atoms with Crippen LogP contribution < -0.4 is 5.32 Å². The van der Waals surface area contributed by atoms with Gasteiger partial charge >= 0.3 is 0 Å². The Labute approximate surface area is 122 Å². The monoisotopic (exact) mass is 280 g/mol. The highest BCUT2D eigenvalue weighted by molar-refractivity contribution is 7.07. The average molecular weight is 280 g/mol. The van der Waals surface area contributed by atoms with Crippen LogP contribution in [0.5, 0.6) is 0 Å². The molecule has 2 nitrogen and oxygen atoms in total. The molecule has 0 radical (unpaired) electrons. The SMILES string of the molecule is CCC(C)C1CN(Cc2ccsc2)C(C)(CC)CN1. The Morgan fingerprint density at radius 1 is 1.53 bits per heavy atom. The van der Waals surface area contributed by atoms with Crippen LogP contribution in [-0.4, -0.2) is 29.6 Å². The first-order chi connectivity index (χ1) is 9.09. The standard InChI is InChI=1S/C16H28N2S/c1-5-13(3)15-10-18(9-14-7-8-19-11-14)16(4,6-2)12-17-15/h7-8,11,13,15,17H,5-6,9-10,12H2,1-4H3. The second-order valence-corrected chi connectivity index (χ2v) is 7.02. The third-order valence-corrected chi connectivity index (χ3v) is 5.70. The zero-order valence-electron chi connectivity index (χ0n) is 12.8. The van der Waals surface area contributed by atoms with E-state index in [9.17, 15) is 0 Å². The maximum absolute atomic E-state index is 3.78. The molecule has 1 aromatic heterocycles. The van der Waals surface area contributed by atoms with Gasteiger partial charge in [0.2, 0.25) is 0 Å². The van der Waals surface area contributed by atoms with Crippen molar-refractivity contribution in [2.75, 3.05) is 13.1 Å². The summed E-state index contributed by atoms with van der Waals surface area (Å²) < 4.78 is 0. The van der Waals surface area contributed by atoms with E-state index in [0.717, 1.165) is 19.0 Å². The van der Waals surface area contributed by atoms with E-state index in [0.29, 0.717) is 11.6 Å². The molecule has 3 unspecified atom stereocenters. The Morgan fingerprint density at radius 2 is 2.32 bits per heavy atom. The molecule has 2 heterocycles. The van der Waals surface area contributed by atoms with Crippen LogP contribution in [0.3, 0.4) is 0 Å². The van der Waals surface area contributed by atoms with Gasteiger partial charge in [0.25, 0.3) is 0 Å². The highest BCUT2D eigenvalue weighted by atomic mass is 32.1. The topological polar surface area (TPSA) is 15.3 Å². The van der Waals surface area contributed by atoms with Gasteiger partial charge in [-0.15, -0.1) is 0 Å². The molecule has 0 bridgehead atoms. The molecule has 3 heteroatoms. The Kier molecular flexibility index (Phi) is 5.04. The summed E-state index contributed by atoms with van der Waals surface area (Å²) in [6, 6.07) is 2.91. The highest BCUT2D eigenvalue weighted by Gasteiger charge is 2.37. The third-order valence-electron chi connectivity index (χ3n) is 4.97. The largest absolute Gasteiger partial charge is 0.311 e. The Balaban J connectivity index is 2.09. The third kappa shape index (κ3) is 3.39. The quantitative estimate of drug-likeness (QED) is 0.884. The number of thiophene rings is 1. The van der Waals surface area contributed by atoms with Gasteiger partial charge in [-0.2, -0.15) is 11.3 Å². The first-order valence-corrected chi connectivity index (χ1v) is 8.53. The smallest absolute Gasteiger partial charge is 0.0307 e. The summed E-state index contributed by atoms with van der Waals surface area (Å²) in [5, 5.41) is 8.26. The molecule has 19 heavy (non-hydrogen) atoms. The molecule has 108 valence electrons. The van der Waals surface area contributed by atoms with E-state index in [4.69, 9.17) is 0 Å². The summed E-state index contributed by atoms with van der Waals surface area (Å²) in [6.45, 7) is 12.8. The predicted molar refractivity (Wildman–Crippen MR) is 84.7 cm³/mol. The Morgan fingerprint density at radius 3 is 2.89 bits per heavy atom. The Hall–Kier alpha value is -0.380. The van der Waals surface area contributed by atoms with E-state index >= 15 is 0 Å². The van der Waals surface area contributed by atoms with Gasteiger partial charge in [0, 0.05) is 31.2 Å². The molecule has 0 aromatic carbocycles. The molecule has 1 saturated heterocycles. The average Bonchev–Trinajstić information content (AvgIpc) is 2.93. The molecular weight excluding hydrogens is 252 g/mol. The van der Waals surface area contributed by atoms with Crippen LogP contribution in [0.15, 0.2) is 16.8 Å². The summed E-state index contributed by atoms with van der Waals surface area (Å²) in [5.74, 6) is 0.756. The van der Waals surface area contributed by atoms with Gasteiger partial charge in [0.1, 0.15) is 0 Å². The molecule has 1 aliphatic rings. The maximum atomic E-state index is 3.78. The van der Waals surface area contributed by atoms with E-state index in [1.165, 1.54) is 24.9 Å². The molecule has 0 spiro atoms. The fourth-order valence-electron chi connectivity index (χ4n) is 2.86. The van der Waals surface area contributed by atoms with Gasteiger partial charge in [0.05, 0.1) is 0 Å². The molecule has 1 fully saturated rings. The highest BCUT2D eigenvalue weighted by Crippen LogP contribution is 2.27. The number of hydrogen-bond acceptors (Lipinski definition) is 3. The van der Waals surface area contributed by atoms with Crippen LogP contribution in [0.25, 0.3) is 0 Å². The molecule has 1 N–H and O–H groups in total. The van der Waals surface area contributed by atoms with Crippen LogP contribution in [0.1, 0.15) is 46.1 Å². The first-order valence-electron chi connectivity index (χ1n) is 7.58. The molecule has 1 aromatic rings. The van der Waals surface area contributed by atoms with E-state index in [2.05, 4.69) is 54.7 Å². The van der Waals surface area contributed by atoms with Crippen molar-refractivity contribution in [3.8, 4) is 0 Å². The van der Waals surface area contributed by atoms with Gasteiger partial charge in [0.15, 0.2) is 0 Å². The van der Waals surface area contributed by atoms with Gasteiger partial charge in [-0.1, -0.05) is 27.2 Å². The van der Waals surface area contributed by atoms with Crippen LogP contribution in [-0.2, 0) is 6.54 Å². The van der Waals surface area contributed by atoms with Crippen molar-refractivity contribution in [1.29, 1.82) is 0 Å². The Bertz CT molecular complexity index is 376. The van der Waals surface area contributed by atoms with Crippen molar-refractivity contribution in [3.05, 3.63) is 22.4 Å². The van der Waals surface area contributed by atoms with Gasteiger partial charge in [-0.05, 0) is 41.7 Å². The number of piperazine rings is 1. The first kappa shape index (κ1) is 15.0. The summed E-state index contributed by atoms with van der Waals surface area (Å²) in [6.07, 6.45) is 2.46. The number of nitrogens with zero attached hydrogens (tertiary/aromatic N) is 1. The van der Waals surface area contributed by atoms with Crippen molar-refractivity contribution < 1.29 is 0 Å². The van der Waals surface area contributed by atoms with Crippen LogP contribution >= 0.6 is 11.3 Å². The summed E-state index contributed by atoms with van der Waals surface area (Å²) in [4.78, 5) is 2.70. The molecule has 0 aliphatic carbocycles. The van der Waals surface area contributed by atoms with Crippen molar-refractivity contribution in [3.63, 3.8) is 0 Å². The minimum atomic E-state index is 0.298. The van der Waals surface area contributed by atoms with Gasteiger partial charge in [-0.3, -0.25) is 4.90 Å². The molecule has 0 amide bonds. The summed E-state index contributed by atoms with van der Waals surface area (Å²) in [7, 11) is 0. The fraction of sp³-hybridized carbons (Fsp3) is 0.750. The van der Waals surface area contributed by atoms with Crippen molar-refractivity contribution >= 4 is 11.3 Å². The van der Waals surface area contributed by atoms with E-state index in [-0.39, 0.29) is 0 Å². The molecule has 1 aliphatic heterocycles. The van der Waals surface area contributed by atoms with Crippen LogP contribution in [0.2, 0.25) is 0 Å². The zero-order valence-corrected chi connectivity index (χ0v) is 13.6. The normalized spacial score (nSPS) is 30.4. The summed E-state index contributed by atoms with van der Waals surface area (Å²) >= 11 is 1.81. The van der Waals surface area contributed by atoms with Crippen molar-refractivity contribution in [2.45, 2.75) is 58.7 Å². The lowest BCUT2D eigenvalue weighted by Crippen LogP contribution is -2.63. The zero-order chi connectivity index (χ0) is 13.9. The van der Waals surface area contributed by atoms with Gasteiger partial charge < -0.3 is 5.32 Å². The van der Waals surface area contributed by atoms with Crippen molar-refractivity contribution in [2.24, 2.45) is 5.92 Å². The number of rotatable bonds is 5. The van der Waals surface area contributed by atoms with Crippen LogP contribution in [0, 0.1) is 5.92 Å². The summed E-state index contributed by atoms with van der Waals surface area (Å²) in [5.41, 5.74) is 1.76. The van der Waals surface area contributed by atoms with Gasteiger partial charge in [-0.25, -0.2) is 0 Å². The fourth-order valence-corrected chi connectivity index (χ4v) is 3.52. The van der Waals surface area contributed by atoms with Crippen molar-refractivity contribution in [1.82, 2.24) is 10.2 Å². The number of hydrogen-bond donors (Lipinski definition) is 1. The van der Waals surface area contributed by atoms with E-state index < -0.39 is 0 Å². The second-order valence-electron chi connectivity index (χ2n) is 6.24. The minimum Gasteiger partial charge on any atom is -0.311 e. The maximum Gasteiger partial charge on any atom is 0.0307 e.